The minimum absolute atomic E-state index is 0.0251. The van der Waals surface area contributed by atoms with E-state index in [1.165, 1.54) is 23.5 Å². The molecular formula is C11H16N2O2. The number of carbonyl (C=O) groups excluding carboxylic acids is 2. The van der Waals surface area contributed by atoms with Crippen LogP contribution in [-0.2, 0) is 9.59 Å². The smallest absolute Gasteiger partial charge is 0.253 e. The molecule has 0 aromatic carbocycles. The Balaban J connectivity index is 2.08. The highest BCUT2D eigenvalue weighted by Gasteiger charge is 2.43. The molecule has 15 heavy (non-hydrogen) atoms. The van der Waals surface area contributed by atoms with Gasteiger partial charge in [-0.2, -0.15) is 0 Å². The molecule has 0 aromatic rings. The summed E-state index contributed by atoms with van der Waals surface area (Å²) in [7, 11) is 4.02. The van der Waals surface area contributed by atoms with Gasteiger partial charge in [-0.1, -0.05) is 0 Å². The molecule has 0 aromatic heterocycles. The van der Waals surface area contributed by atoms with E-state index in [9.17, 15) is 9.59 Å². The number of rotatable bonds is 3. The van der Waals surface area contributed by atoms with Gasteiger partial charge in [-0.15, -0.1) is 0 Å². The Labute approximate surface area is 89.5 Å². The van der Waals surface area contributed by atoms with Gasteiger partial charge in [0.2, 0.25) is 0 Å². The molecule has 82 valence electrons. The summed E-state index contributed by atoms with van der Waals surface area (Å²) in [5, 5.41) is 0. The van der Waals surface area contributed by atoms with Crippen LogP contribution < -0.4 is 0 Å². The third-order valence-electron chi connectivity index (χ3n) is 3.59. The van der Waals surface area contributed by atoms with Gasteiger partial charge in [-0.3, -0.25) is 14.5 Å². The van der Waals surface area contributed by atoms with Gasteiger partial charge in [0.1, 0.15) is 0 Å². The lowest BCUT2D eigenvalue weighted by Gasteiger charge is -2.48. The molecule has 1 saturated carbocycles. The van der Waals surface area contributed by atoms with Crippen LogP contribution in [0.3, 0.4) is 0 Å². The Hall–Kier alpha value is -1.16. The maximum absolute atomic E-state index is 11.4. The molecule has 0 unspecified atom stereocenters. The van der Waals surface area contributed by atoms with Crippen LogP contribution in [0.15, 0.2) is 12.2 Å². The van der Waals surface area contributed by atoms with Crippen molar-refractivity contribution in [3.63, 3.8) is 0 Å². The first-order valence-electron chi connectivity index (χ1n) is 5.26. The van der Waals surface area contributed by atoms with E-state index in [0.717, 1.165) is 12.8 Å². The molecule has 0 radical (unpaired) electrons. The number of imide groups is 1. The van der Waals surface area contributed by atoms with Gasteiger partial charge >= 0.3 is 0 Å². The monoisotopic (exact) mass is 208 g/mol. The standard InChI is InChI=1S/C11H16N2O2/c1-12(2)11(6-3-7-11)8-13-9(14)4-5-10(13)15/h4-5H,3,6-8H2,1-2H3. The molecule has 1 aliphatic heterocycles. The van der Waals surface area contributed by atoms with Crippen molar-refractivity contribution in [3.8, 4) is 0 Å². The summed E-state index contributed by atoms with van der Waals surface area (Å²) in [4.78, 5) is 26.3. The Morgan fingerprint density at radius 2 is 1.80 bits per heavy atom. The second-order valence-corrected chi connectivity index (χ2v) is 4.57. The Morgan fingerprint density at radius 1 is 1.27 bits per heavy atom. The lowest BCUT2D eigenvalue weighted by Crippen LogP contribution is -2.58. The van der Waals surface area contributed by atoms with Crippen molar-refractivity contribution in [1.29, 1.82) is 0 Å². The average Bonchev–Trinajstić information content (AvgIpc) is 2.40. The van der Waals surface area contributed by atoms with Crippen molar-refractivity contribution in [2.75, 3.05) is 20.6 Å². The van der Waals surface area contributed by atoms with Crippen LogP contribution in [0, 0.1) is 0 Å². The highest BCUT2D eigenvalue weighted by Crippen LogP contribution is 2.37. The lowest BCUT2D eigenvalue weighted by molar-refractivity contribution is -0.140. The first-order valence-corrected chi connectivity index (χ1v) is 5.26. The molecule has 4 heteroatoms. The summed E-state index contributed by atoms with van der Waals surface area (Å²) >= 11 is 0. The van der Waals surface area contributed by atoms with E-state index in [-0.39, 0.29) is 17.4 Å². The van der Waals surface area contributed by atoms with E-state index in [0.29, 0.717) is 6.54 Å². The zero-order valence-corrected chi connectivity index (χ0v) is 9.19. The molecule has 0 saturated heterocycles. The van der Waals surface area contributed by atoms with Gasteiger partial charge in [-0.25, -0.2) is 0 Å². The first kappa shape index (κ1) is 10.4. The van der Waals surface area contributed by atoms with Gasteiger partial charge in [0.25, 0.3) is 11.8 Å². The summed E-state index contributed by atoms with van der Waals surface area (Å²) in [5.41, 5.74) is 0.0251. The average molecular weight is 208 g/mol. The molecule has 4 nitrogen and oxygen atoms in total. The van der Waals surface area contributed by atoms with Gasteiger partial charge in [0.15, 0.2) is 0 Å². The Bertz CT molecular complexity index is 311. The van der Waals surface area contributed by atoms with Crippen molar-refractivity contribution < 1.29 is 9.59 Å². The number of hydrogen-bond donors (Lipinski definition) is 0. The molecule has 2 amide bonds. The SMILES string of the molecule is CN(C)C1(CN2C(=O)C=CC2=O)CCC1. The maximum atomic E-state index is 11.4. The van der Waals surface area contributed by atoms with Gasteiger partial charge in [0.05, 0.1) is 0 Å². The molecule has 0 spiro atoms. The van der Waals surface area contributed by atoms with Crippen LogP contribution >= 0.6 is 0 Å². The van der Waals surface area contributed by atoms with E-state index in [1.807, 2.05) is 14.1 Å². The van der Waals surface area contributed by atoms with Crippen molar-refractivity contribution in [2.45, 2.75) is 24.8 Å². The number of hydrogen-bond acceptors (Lipinski definition) is 3. The number of amides is 2. The molecule has 0 bridgehead atoms. The van der Waals surface area contributed by atoms with E-state index in [4.69, 9.17) is 0 Å². The second-order valence-electron chi connectivity index (χ2n) is 4.57. The van der Waals surface area contributed by atoms with Crippen molar-refractivity contribution in [1.82, 2.24) is 9.80 Å². The highest BCUT2D eigenvalue weighted by molar-refractivity contribution is 6.12. The summed E-state index contributed by atoms with van der Waals surface area (Å²) in [5.74, 6) is -0.346. The fraction of sp³-hybridized carbons (Fsp3) is 0.636. The Morgan fingerprint density at radius 3 is 2.13 bits per heavy atom. The van der Waals surface area contributed by atoms with Crippen LogP contribution in [0.5, 0.6) is 0 Å². The van der Waals surface area contributed by atoms with E-state index in [1.54, 1.807) is 0 Å². The summed E-state index contributed by atoms with van der Waals surface area (Å²) in [6, 6.07) is 0. The molecule has 2 aliphatic rings. The number of nitrogens with zero attached hydrogens (tertiary/aromatic N) is 2. The van der Waals surface area contributed by atoms with Crippen molar-refractivity contribution in [2.24, 2.45) is 0 Å². The van der Waals surface area contributed by atoms with Crippen LogP contribution in [0.2, 0.25) is 0 Å². The predicted molar refractivity (Wildman–Crippen MR) is 56.1 cm³/mol. The fourth-order valence-corrected chi connectivity index (χ4v) is 2.21. The third kappa shape index (κ3) is 1.59. The fourth-order valence-electron chi connectivity index (χ4n) is 2.21. The first-order chi connectivity index (χ1) is 7.05. The third-order valence-corrected chi connectivity index (χ3v) is 3.59. The normalized spacial score (nSPS) is 23.8. The molecule has 0 N–H and O–H groups in total. The van der Waals surface area contributed by atoms with Crippen LogP contribution in [0.25, 0.3) is 0 Å². The topological polar surface area (TPSA) is 40.6 Å². The quantitative estimate of drug-likeness (QED) is 0.630. The van der Waals surface area contributed by atoms with E-state index < -0.39 is 0 Å². The zero-order valence-electron chi connectivity index (χ0n) is 9.19. The minimum atomic E-state index is -0.173. The summed E-state index contributed by atoms with van der Waals surface area (Å²) < 4.78 is 0. The lowest BCUT2D eigenvalue weighted by atomic mass is 9.75. The van der Waals surface area contributed by atoms with Crippen molar-refractivity contribution >= 4 is 11.8 Å². The molecular weight excluding hydrogens is 192 g/mol. The molecule has 1 aliphatic carbocycles. The maximum Gasteiger partial charge on any atom is 0.253 e. The minimum Gasteiger partial charge on any atom is -0.302 e. The van der Waals surface area contributed by atoms with Crippen molar-refractivity contribution in [3.05, 3.63) is 12.2 Å². The number of carbonyl (C=O) groups is 2. The van der Waals surface area contributed by atoms with Crippen LogP contribution in [-0.4, -0.2) is 47.8 Å². The molecule has 1 heterocycles. The van der Waals surface area contributed by atoms with E-state index >= 15 is 0 Å². The molecule has 1 fully saturated rings. The van der Waals surface area contributed by atoms with Gasteiger partial charge < -0.3 is 4.90 Å². The molecule has 2 rings (SSSR count). The second kappa shape index (κ2) is 3.45. The highest BCUT2D eigenvalue weighted by atomic mass is 16.2. The Kier molecular flexibility index (Phi) is 2.38. The largest absolute Gasteiger partial charge is 0.302 e. The van der Waals surface area contributed by atoms with E-state index in [2.05, 4.69) is 4.90 Å². The van der Waals surface area contributed by atoms with Gasteiger partial charge in [0, 0.05) is 24.2 Å². The number of likely N-dealkylation sites (N-methyl/N-ethyl adjacent to an activating group) is 1. The van der Waals surface area contributed by atoms with Gasteiger partial charge in [-0.05, 0) is 33.4 Å². The van der Waals surface area contributed by atoms with Crippen LogP contribution in [0.4, 0.5) is 0 Å². The predicted octanol–water partition coefficient (Wildman–Crippen LogP) is 0.396. The van der Waals surface area contributed by atoms with Crippen LogP contribution in [0.1, 0.15) is 19.3 Å². The molecule has 0 atom stereocenters. The summed E-state index contributed by atoms with van der Waals surface area (Å²) in [6.45, 7) is 0.532. The summed E-state index contributed by atoms with van der Waals surface area (Å²) in [6.07, 6.45) is 6.02. The zero-order chi connectivity index (χ0) is 11.1.